The third kappa shape index (κ3) is 5.77. The van der Waals surface area contributed by atoms with E-state index in [-0.39, 0.29) is 16.6 Å². The van der Waals surface area contributed by atoms with Crippen LogP contribution in [0.15, 0.2) is 53.4 Å². The average molecular weight is 406 g/mol. The van der Waals surface area contributed by atoms with Gasteiger partial charge in [0.2, 0.25) is 0 Å². The number of hydrogen-bond acceptors (Lipinski definition) is 6. The van der Waals surface area contributed by atoms with Crippen LogP contribution in [-0.2, 0) is 16.3 Å². The second kappa shape index (κ2) is 9.66. The Kier molecular flexibility index (Phi) is 7.53. The summed E-state index contributed by atoms with van der Waals surface area (Å²) in [6.45, 7) is 6.42. The van der Waals surface area contributed by atoms with Gasteiger partial charge in [0, 0.05) is 24.9 Å². The number of sulfone groups is 1. The first-order valence-corrected chi connectivity index (χ1v) is 11.2. The second-order valence-corrected chi connectivity index (χ2v) is 8.67. The predicted octanol–water partition coefficient (Wildman–Crippen LogP) is 3.36. The molecule has 1 N–H and O–H groups in total. The largest absolute Gasteiger partial charge is 0.378 e. The molecule has 2 rings (SSSR count). The smallest absolute Gasteiger partial charge is 0.293 e. The van der Waals surface area contributed by atoms with Crippen LogP contribution in [0.5, 0.6) is 0 Å². The van der Waals surface area contributed by atoms with E-state index >= 15 is 0 Å². The number of nitro groups is 1. The molecule has 7 nitrogen and oxygen atoms in total. The Bertz CT molecular complexity index is 897. The number of rotatable bonds is 10. The number of benzene rings is 2. The van der Waals surface area contributed by atoms with E-state index in [0.717, 1.165) is 31.8 Å². The van der Waals surface area contributed by atoms with Gasteiger partial charge in [-0.15, -0.1) is 0 Å². The highest BCUT2D eigenvalue weighted by molar-refractivity contribution is 7.90. The summed E-state index contributed by atoms with van der Waals surface area (Å²) in [6, 6.07) is 14.2. The van der Waals surface area contributed by atoms with Gasteiger partial charge in [0.05, 0.1) is 9.82 Å². The molecular weight excluding hydrogens is 378 g/mol. The number of hydrogen-bond donors (Lipinski definition) is 1. The van der Waals surface area contributed by atoms with E-state index in [1.165, 1.54) is 17.7 Å². The van der Waals surface area contributed by atoms with Crippen LogP contribution in [-0.4, -0.2) is 50.2 Å². The molecule has 0 aromatic heterocycles. The van der Waals surface area contributed by atoms with Crippen LogP contribution in [0.25, 0.3) is 0 Å². The molecule has 0 aliphatic carbocycles. The monoisotopic (exact) mass is 405 g/mol. The van der Waals surface area contributed by atoms with E-state index in [9.17, 15) is 18.5 Å². The van der Waals surface area contributed by atoms with Crippen molar-refractivity contribution in [2.45, 2.75) is 31.2 Å². The molecule has 0 heterocycles. The first-order valence-electron chi connectivity index (χ1n) is 9.26. The van der Waals surface area contributed by atoms with Gasteiger partial charge in [0.15, 0.2) is 9.84 Å². The molecule has 0 aliphatic rings. The van der Waals surface area contributed by atoms with Crippen molar-refractivity contribution in [3.05, 3.63) is 64.2 Å². The Morgan fingerprint density at radius 1 is 1.11 bits per heavy atom. The van der Waals surface area contributed by atoms with Gasteiger partial charge in [-0.2, -0.15) is 0 Å². The first-order chi connectivity index (χ1) is 13.3. The minimum Gasteiger partial charge on any atom is -0.378 e. The van der Waals surface area contributed by atoms with E-state index in [0.29, 0.717) is 12.2 Å². The van der Waals surface area contributed by atoms with Crippen LogP contribution >= 0.6 is 0 Å². The topological polar surface area (TPSA) is 92.6 Å². The molecule has 0 aliphatic heterocycles. The zero-order valence-corrected chi connectivity index (χ0v) is 17.3. The molecule has 2 aromatic carbocycles. The molecule has 28 heavy (non-hydrogen) atoms. The molecule has 0 amide bonds. The molecule has 1 unspecified atom stereocenters. The molecule has 0 fully saturated rings. The zero-order chi connectivity index (χ0) is 20.7. The quantitative estimate of drug-likeness (QED) is 0.481. The molecular formula is C20H27N3O4S. The summed E-state index contributed by atoms with van der Waals surface area (Å²) in [6.07, 6.45) is 1.85. The van der Waals surface area contributed by atoms with Gasteiger partial charge in [0.25, 0.3) is 5.69 Å². The Labute approximate surface area is 166 Å². The van der Waals surface area contributed by atoms with Gasteiger partial charge in [-0.3, -0.25) is 15.0 Å². The maximum absolute atomic E-state index is 11.7. The summed E-state index contributed by atoms with van der Waals surface area (Å²) >= 11 is 0. The molecule has 0 saturated heterocycles. The summed E-state index contributed by atoms with van der Waals surface area (Å²) in [5.74, 6) is 0. The number of anilines is 1. The van der Waals surface area contributed by atoms with Crippen molar-refractivity contribution in [3.63, 3.8) is 0 Å². The molecule has 0 spiro atoms. The third-order valence-corrected chi connectivity index (χ3v) is 5.88. The third-order valence-electron chi connectivity index (χ3n) is 4.77. The van der Waals surface area contributed by atoms with Crippen LogP contribution in [0.1, 0.15) is 19.4 Å². The minimum atomic E-state index is -3.51. The van der Waals surface area contributed by atoms with Crippen LogP contribution in [0.2, 0.25) is 0 Å². The van der Waals surface area contributed by atoms with E-state index in [1.54, 1.807) is 0 Å². The van der Waals surface area contributed by atoms with Crippen molar-refractivity contribution in [1.29, 1.82) is 0 Å². The van der Waals surface area contributed by atoms with Crippen molar-refractivity contribution in [3.8, 4) is 0 Å². The van der Waals surface area contributed by atoms with Gasteiger partial charge in [0.1, 0.15) is 5.69 Å². The maximum Gasteiger partial charge on any atom is 0.293 e. The van der Waals surface area contributed by atoms with Gasteiger partial charge >= 0.3 is 0 Å². The fourth-order valence-corrected chi connectivity index (χ4v) is 3.87. The lowest BCUT2D eigenvalue weighted by molar-refractivity contribution is -0.384. The van der Waals surface area contributed by atoms with Gasteiger partial charge < -0.3 is 5.32 Å². The zero-order valence-electron chi connectivity index (χ0n) is 16.5. The predicted molar refractivity (Wildman–Crippen MR) is 112 cm³/mol. The molecule has 0 bridgehead atoms. The number of likely N-dealkylation sites (N-methyl/N-ethyl adjacent to an activating group) is 1. The normalized spacial score (nSPS) is 12.7. The van der Waals surface area contributed by atoms with Crippen LogP contribution < -0.4 is 5.32 Å². The van der Waals surface area contributed by atoms with Gasteiger partial charge in [-0.05, 0) is 37.2 Å². The standard InChI is InChI=1S/C20H27N3O4S/c1-4-22(5-2)17(13-16-9-7-6-8-10-16)15-21-19-12-11-18(28(3,26)27)14-20(19)23(24)25/h6-12,14,17,21H,4-5,13,15H2,1-3H3. The number of nitrogens with one attached hydrogen (secondary N) is 1. The van der Waals surface area contributed by atoms with Crippen molar-refractivity contribution >= 4 is 21.2 Å². The van der Waals surface area contributed by atoms with Crippen LogP contribution in [0.4, 0.5) is 11.4 Å². The number of nitro benzene ring substituents is 1. The minimum absolute atomic E-state index is 0.0608. The van der Waals surface area contributed by atoms with Crippen LogP contribution in [0, 0.1) is 10.1 Å². The molecule has 1 atom stereocenters. The van der Waals surface area contributed by atoms with E-state index < -0.39 is 14.8 Å². The summed E-state index contributed by atoms with van der Waals surface area (Å²) < 4.78 is 23.4. The molecule has 2 aromatic rings. The lowest BCUT2D eigenvalue weighted by atomic mass is 10.0. The van der Waals surface area contributed by atoms with E-state index in [2.05, 4.69) is 36.2 Å². The van der Waals surface area contributed by atoms with Gasteiger partial charge in [-0.25, -0.2) is 8.42 Å². The van der Waals surface area contributed by atoms with Crippen molar-refractivity contribution in [1.82, 2.24) is 4.90 Å². The summed E-state index contributed by atoms with van der Waals surface area (Å²) in [7, 11) is -3.51. The highest BCUT2D eigenvalue weighted by Crippen LogP contribution is 2.28. The maximum atomic E-state index is 11.7. The van der Waals surface area contributed by atoms with Crippen molar-refractivity contribution < 1.29 is 13.3 Å². The average Bonchev–Trinajstić information content (AvgIpc) is 2.66. The Morgan fingerprint density at radius 2 is 1.75 bits per heavy atom. The second-order valence-electron chi connectivity index (χ2n) is 6.65. The molecule has 0 radical (unpaired) electrons. The van der Waals surface area contributed by atoms with Crippen LogP contribution in [0.3, 0.4) is 0 Å². The molecule has 8 heteroatoms. The lowest BCUT2D eigenvalue weighted by Gasteiger charge is -2.30. The van der Waals surface area contributed by atoms with Gasteiger partial charge in [-0.1, -0.05) is 44.2 Å². The fraction of sp³-hybridized carbons (Fsp3) is 0.400. The highest BCUT2D eigenvalue weighted by Gasteiger charge is 2.21. The summed E-state index contributed by atoms with van der Waals surface area (Å²) in [5.41, 5.74) is 1.28. The molecule has 152 valence electrons. The first kappa shape index (κ1) is 21.8. The summed E-state index contributed by atoms with van der Waals surface area (Å²) in [4.78, 5) is 13.1. The SMILES string of the molecule is CCN(CC)C(CNc1ccc(S(C)(=O)=O)cc1[N+](=O)[O-])Cc1ccccc1. The Balaban J connectivity index is 2.25. The Hall–Kier alpha value is -2.45. The highest BCUT2D eigenvalue weighted by atomic mass is 32.2. The van der Waals surface area contributed by atoms with E-state index in [4.69, 9.17) is 0 Å². The lowest BCUT2D eigenvalue weighted by Crippen LogP contribution is -2.41. The number of nitrogens with zero attached hydrogens (tertiary/aromatic N) is 2. The summed E-state index contributed by atoms with van der Waals surface area (Å²) in [5, 5.41) is 14.6. The molecule has 0 saturated carbocycles. The fourth-order valence-electron chi connectivity index (χ4n) is 3.23. The van der Waals surface area contributed by atoms with Crippen molar-refractivity contribution in [2.75, 3.05) is 31.2 Å². The van der Waals surface area contributed by atoms with E-state index in [1.807, 2.05) is 18.2 Å². The Morgan fingerprint density at radius 3 is 2.29 bits per heavy atom. The van der Waals surface area contributed by atoms with Crippen molar-refractivity contribution in [2.24, 2.45) is 0 Å².